The normalized spacial score (nSPS) is 13.2. The maximum atomic E-state index is 13.2. The second kappa shape index (κ2) is 20.6. The van der Waals surface area contributed by atoms with E-state index in [9.17, 15) is 33.6 Å². The number of ether oxygens (including phenoxy) is 2. The molecule has 0 aliphatic carbocycles. The molecule has 6 N–H and O–H groups in total. The number of aliphatic carboxylic acids is 1. The molecule has 0 bridgehead atoms. The van der Waals surface area contributed by atoms with Crippen molar-refractivity contribution in [2.75, 3.05) is 27.8 Å². The number of carbonyl (C=O) groups excluding carboxylic acids is 6. The summed E-state index contributed by atoms with van der Waals surface area (Å²) >= 11 is 0. The number of nitrogens with two attached hydrogens (primary N) is 1. The summed E-state index contributed by atoms with van der Waals surface area (Å²) in [5, 5.41) is 16.5. The van der Waals surface area contributed by atoms with E-state index in [2.05, 4.69) is 20.7 Å². The zero-order valence-corrected chi connectivity index (χ0v) is 27.6. The highest BCUT2D eigenvalue weighted by Crippen LogP contribution is 2.09. The first-order chi connectivity index (χ1) is 23.3. The van der Waals surface area contributed by atoms with E-state index in [0.29, 0.717) is 0 Å². The van der Waals surface area contributed by atoms with Crippen LogP contribution < -0.4 is 21.7 Å². The molecule has 15 nitrogen and oxygen atoms in total. The minimum absolute atomic E-state index is 0.189. The van der Waals surface area contributed by atoms with Crippen molar-refractivity contribution in [2.45, 2.75) is 56.3 Å². The quantitative estimate of drug-likeness (QED) is 0.126. The minimum atomic E-state index is -1.45. The molecule has 49 heavy (non-hydrogen) atoms. The van der Waals surface area contributed by atoms with Crippen molar-refractivity contribution in [3.63, 3.8) is 0 Å². The maximum absolute atomic E-state index is 13.2. The first kappa shape index (κ1) is 39.6. The van der Waals surface area contributed by atoms with E-state index < -0.39 is 78.7 Å². The molecule has 4 amide bonds. The van der Waals surface area contributed by atoms with Crippen molar-refractivity contribution in [3.05, 3.63) is 77.9 Å². The fraction of sp³-hybridized carbons (Fsp3) is 0.382. The molecule has 2 rings (SSSR count). The third-order valence-electron chi connectivity index (χ3n) is 7.16. The molecule has 264 valence electrons. The van der Waals surface area contributed by atoms with Crippen LogP contribution in [0.1, 0.15) is 36.8 Å². The molecule has 0 fully saturated rings. The van der Waals surface area contributed by atoms with Crippen molar-refractivity contribution in [1.82, 2.24) is 20.9 Å². The van der Waals surface area contributed by atoms with E-state index in [1.807, 2.05) is 60.7 Å². The van der Waals surface area contributed by atoms with Crippen LogP contribution in [0, 0.1) is 0 Å². The van der Waals surface area contributed by atoms with Gasteiger partial charge in [-0.25, -0.2) is 9.59 Å². The van der Waals surface area contributed by atoms with Gasteiger partial charge in [0.2, 0.25) is 23.6 Å². The standard InChI is InChI=1S/C34H43N5O10/c1-39(21-29(41)38-27(20-31(43)44)34(47)49-3)30(42)17-16-26(33(46)48-2)37-28(40)19-24(15-14-22-10-6-4-7-11-22)36-32(45)25(35)18-23-12-8-5-9-13-23/h4-15,24-27H,16-21,35H2,1-3H3,(H,36,45)(H,37,40)(H,38,41)(H,43,44)/b15-14+/t24-,25-,26+,27+/m0/s1. The number of nitrogens with one attached hydrogen (secondary N) is 3. The number of benzene rings is 2. The molecule has 2 aromatic rings. The average molecular weight is 682 g/mol. The number of likely N-dealkylation sites (N-methyl/N-ethyl adjacent to an activating group) is 1. The Morgan fingerprint density at radius 1 is 0.816 bits per heavy atom. The van der Waals surface area contributed by atoms with Crippen LogP contribution in [0.4, 0.5) is 0 Å². The van der Waals surface area contributed by atoms with Crippen LogP contribution in [0.5, 0.6) is 0 Å². The topological polar surface area (TPSA) is 224 Å². The Morgan fingerprint density at radius 2 is 1.39 bits per heavy atom. The van der Waals surface area contributed by atoms with Crippen LogP contribution >= 0.6 is 0 Å². The lowest BCUT2D eigenvalue weighted by molar-refractivity contribution is -0.149. The van der Waals surface area contributed by atoms with Gasteiger partial charge in [-0.1, -0.05) is 72.8 Å². The lowest BCUT2D eigenvalue weighted by Crippen LogP contribution is -2.49. The zero-order chi connectivity index (χ0) is 36.3. The van der Waals surface area contributed by atoms with Gasteiger partial charge in [-0.15, -0.1) is 0 Å². The molecule has 15 heteroatoms. The molecule has 0 aliphatic rings. The van der Waals surface area contributed by atoms with E-state index in [1.165, 1.54) is 7.05 Å². The third-order valence-corrected chi connectivity index (χ3v) is 7.16. The van der Waals surface area contributed by atoms with Gasteiger partial charge in [-0.2, -0.15) is 0 Å². The number of carboxylic acid groups (broad SMARTS) is 1. The summed E-state index contributed by atoms with van der Waals surface area (Å²) in [4.78, 5) is 87.7. The molecular weight excluding hydrogens is 638 g/mol. The van der Waals surface area contributed by atoms with Gasteiger partial charge in [0.05, 0.1) is 45.7 Å². The van der Waals surface area contributed by atoms with Crippen molar-refractivity contribution in [2.24, 2.45) is 5.73 Å². The van der Waals surface area contributed by atoms with Crippen molar-refractivity contribution in [3.8, 4) is 0 Å². The maximum Gasteiger partial charge on any atom is 0.328 e. The molecular formula is C34H43N5O10. The number of rotatable bonds is 19. The number of nitrogens with zero attached hydrogens (tertiary/aromatic N) is 1. The molecule has 0 saturated heterocycles. The lowest BCUT2D eigenvalue weighted by atomic mass is 10.0. The second-order valence-electron chi connectivity index (χ2n) is 11.1. The van der Waals surface area contributed by atoms with Crippen LogP contribution in [0.15, 0.2) is 66.7 Å². The van der Waals surface area contributed by atoms with Gasteiger partial charge in [0.15, 0.2) is 0 Å². The molecule has 0 spiro atoms. The van der Waals surface area contributed by atoms with E-state index in [4.69, 9.17) is 15.6 Å². The Balaban J connectivity index is 2.04. The molecule has 0 aromatic heterocycles. The zero-order valence-electron chi connectivity index (χ0n) is 27.6. The van der Waals surface area contributed by atoms with Crippen LogP contribution in [-0.2, 0) is 49.5 Å². The number of carboxylic acids is 1. The van der Waals surface area contributed by atoms with Crippen LogP contribution in [0.3, 0.4) is 0 Å². The summed E-state index contributed by atoms with van der Waals surface area (Å²) in [7, 11) is 3.46. The van der Waals surface area contributed by atoms with Gasteiger partial charge in [0.25, 0.3) is 0 Å². The molecule has 0 heterocycles. The highest BCUT2D eigenvalue weighted by Gasteiger charge is 2.28. The predicted molar refractivity (Wildman–Crippen MR) is 177 cm³/mol. The smallest absolute Gasteiger partial charge is 0.328 e. The van der Waals surface area contributed by atoms with Gasteiger partial charge in [0, 0.05) is 13.5 Å². The van der Waals surface area contributed by atoms with Crippen molar-refractivity contribution < 1.29 is 48.1 Å². The first-order valence-corrected chi connectivity index (χ1v) is 15.4. The Labute approximate surface area is 284 Å². The van der Waals surface area contributed by atoms with Gasteiger partial charge < -0.3 is 41.2 Å². The van der Waals surface area contributed by atoms with Crippen LogP contribution in [0.25, 0.3) is 6.08 Å². The van der Waals surface area contributed by atoms with Gasteiger partial charge in [-0.05, 0) is 24.0 Å². The second-order valence-corrected chi connectivity index (χ2v) is 11.1. The summed E-state index contributed by atoms with van der Waals surface area (Å²) in [6, 6.07) is 14.0. The first-order valence-electron chi connectivity index (χ1n) is 15.4. The number of esters is 2. The highest BCUT2D eigenvalue weighted by molar-refractivity contribution is 5.91. The largest absolute Gasteiger partial charge is 0.481 e. The number of amides is 4. The summed E-state index contributed by atoms with van der Waals surface area (Å²) in [5.41, 5.74) is 7.84. The van der Waals surface area contributed by atoms with Crippen LogP contribution in [-0.4, -0.2) is 104 Å². The van der Waals surface area contributed by atoms with Gasteiger partial charge in [-0.3, -0.25) is 24.0 Å². The van der Waals surface area contributed by atoms with Gasteiger partial charge in [0.1, 0.15) is 12.1 Å². The number of hydrogen-bond acceptors (Lipinski definition) is 10. The van der Waals surface area contributed by atoms with E-state index >= 15 is 0 Å². The molecule has 4 atom stereocenters. The monoisotopic (exact) mass is 681 g/mol. The summed E-state index contributed by atoms with van der Waals surface area (Å²) in [6.07, 6.45) is 2.18. The number of carbonyl (C=O) groups is 7. The minimum Gasteiger partial charge on any atom is -0.481 e. The molecule has 0 aliphatic heterocycles. The summed E-state index contributed by atoms with van der Waals surface area (Å²) < 4.78 is 9.31. The van der Waals surface area contributed by atoms with Crippen LogP contribution in [0.2, 0.25) is 0 Å². The Morgan fingerprint density at radius 3 is 1.98 bits per heavy atom. The molecule has 0 unspecified atom stereocenters. The fourth-order valence-corrected chi connectivity index (χ4v) is 4.57. The SMILES string of the molecule is COC(=O)[C@@H](CCC(=O)N(C)CC(=O)N[C@H](CC(=O)O)C(=O)OC)NC(=O)C[C@H](/C=C/c1ccccc1)NC(=O)[C@@H](N)Cc1ccccc1. The lowest BCUT2D eigenvalue weighted by Gasteiger charge is -2.22. The Kier molecular flexibility index (Phi) is 16.7. The van der Waals surface area contributed by atoms with E-state index in [-0.39, 0.29) is 25.7 Å². The average Bonchev–Trinajstić information content (AvgIpc) is 3.08. The summed E-state index contributed by atoms with van der Waals surface area (Å²) in [6.45, 7) is -0.525. The number of hydrogen-bond donors (Lipinski definition) is 5. The molecule has 0 saturated carbocycles. The number of methoxy groups -OCH3 is 2. The van der Waals surface area contributed by atoms with E-state index in [0.717, 1.165) is 30.2 Å². The summed E-state index contributed by atoms with van der Waals surface area (Å²) in [5.74, 6) is -5.64. The molecule has 2 aromatic carbocycles. The highest BCUT2D eigenvalue weighted by atomic mass is 16.5. The van der Waals surface area contributed by atoms with Crippen molar-refractivity contribution in [1.29, 1.82) is 0 Å². The van der Waals surface area contributed by atoms with Crippen molar-refractivity contribution >= 4 is 47.6 Å². The van der Waals surface area contributed by atoms with Gasteiger partial charge >= 0.3 is 17.9 Å². The fourth-order valence-electron chi connectivity index (χ4n) is 4.57. The van der Waals surface area contributed by atoms with E-state index in [1.54, 1.807) is 12.2 Å². The Bertz CT molecular complexity index is 1470. The third kappa shape index (κ3) is 14.8. The predicted octanol–water partition coefficient (Wildman–Crippen LogP) is 0.174. The molecule has 0 radical (unpaired) electrons. The Hall–Kier alpha value is -5.57.